The number of rotatable bonds is 4. The Morgan fingerprint density at radius 3 is 1.40 bits per heavy atom. The van der Waals surface area contributed by atoms with Crippen LogP contribution in [0.15, 0.2) is 200 Å². The number of fused-ring (bicyclic) bond motifs is 10. The highest BCUT2D eigenvalue weighted by Crippen LogP contribution is 2.54. The first-order valence-electron chi connectivity index (χ1n) is 18.2. The van der Waals surface area contributed by atoms with E-state index in [2.05, 4.69) is 214 Å². The second-order valence-electron chi connectivity index (χ2n) is 13.8. The number of aromatic nitrogens is 2. The Kier molecular flexibility index (Phi) is 6.55. The first kappa shape index (κ1) is 29.6. The van der Waals surface area contributed by atoms with Crippen LogP contribution in [0.4, 0.5) is 17.1 Å². The van der Waals surface area contributed by atoms with Crippen LogP contribution in [0.2, 0.25) is 0 Å². The molecule has 8 aromatic carbocycles. The first-order valence-corrected chi connectivity index (χ1v) is 18.2. The van der Waals surface area contributed by atoms with Gasteiger partial charge in [0.25, 0.3) is 0 Å². The van der Waals surface area contributed by atoms with Gasteiger partial charge in [-0.25, -0.2) is 0 Å². The second-order valence-corrected chi connectivity index (χ2v) is 13.8. The third kappa shape index (κ3) is 4.47. The third-order valence-corrected chi connectivity index (χ3v) is 10.8. The molecule has 11 rings (SSSR count). The predicted molar refractivity (Wildman–Crippen MR) is 222 cm³/mol. The van der Waals surface area contributed by atoms with Crippen molar-refractivity contribution in [1.29, 1.82) is 0 Å². The van der Waals surface area contributed by atoms with Gasteiger partial charge in [0, 0.05) is 49.9 Å². The van der Waals surface area contributed by atoms with Crippen LogP contribution < -0.4 is 4.90 Å². The highest BCUT2D eigenvalue weighted by Gasteiger charge is 2.31. The topological polar surface area (TPSA) is 13.1 Å². The lowest BCUT2D eigenvalue weighted by Crippen LogP contribution is -2.11. The number of benzene rings is 8. The van der Waals surface area contributed by atoms with Gasteiger partial charge in [-0.05, 0) is 77.9 Å². The van der Waals surface area contributed by atoms with Crippen molar-refractivity contribution < 1.29 is 0 Å². The highest BCUT2D eigenvalue weighted by molar-refractivity contribution is 6.13. The third-order valence-electron chi connectivity index (χ3n) is 10.8. The molecule has 248 valence electrons. The summed E-state index contributed by atoms with van der Waals surface area (Å²) in [5, 5.41) is 3.77. The molecule has 0 aliphatic carbocycles. The molecule has 0 saturated carbocycles. The summed E-state index contributed by atoms with van der Waals surface area (Å²) >= 11 is 0. The van der Waals surface area contributed by atoms with Gasteiger partial charge in [0.15, 0.2) is 0 Å². The van der Waals surface area contributed by atoms with Crippen LogP contribution in [-0.4, -0.2) is 9.13 Å². The van der Waals surface area contributed by atoms with Gasteiger partial charge in [-0.2, -0.15) is 0 Å². The molecule has 0 radical (unpaired) electrons. The second kappa shape index (κ2) is 11.7. The monoisotopic (exact) mass is 675 g/mol. The number of anilines is 3. The summed E-state index contributed by atoms with van der Waals surface area (Å²) in [7, 11) is 0. The van der Waals surface area contributed by atoms with E-state index < -0.39 is 0 Å². The Bertz CT molecular complexity index is 2970. The van der Waals surface area contributed by atoms with Crippen LogP contribution in [-0.2, 0) is 0 Å². The maximum absolute atomic E-state index is 2.48. The molecular formula is C50H33N3. The van der Waals surface area contributed by atoms with Crippen LogP contribution in [0, 0.1) is 0 Å². The van der Waals surface area contributed by atoms with E-state index in [1.165, 1.54) is 71.9 Å². The normalized spacial score (nSPS) is 12.1. The molecular weight excluding hydrogens is 643 g/mol. The summed E-state index contributed by atoms with van der Waals surface area (Å²) in [6, 6.07) is 72.7. The van der Waals surface area contributed by atoms with Crippen molar-refractivity contribution in [1.82, 2.24) is 9.13 Å². The predicted octanol–water partition coefficient (Wildman–Crippen LogP) is 13.5. The maximum Gasteiger partial charge on any atom is 0.0641 e. The zero-order chi connectivity index (χ0) is 34.9. The lowest BCUT2D eigenvalue weighted by molar-refractivity contribution is 1.13. The molecule has 53 heavy (non-hydrogen) atoms. The standard InChI is InChI=1S/C50H33N3/c1-2-18-36(19-3-1)51-46-29-11-6-24-41(46)49-42-25-7-12-30-47(42)53(50(49)43-26-8-13-31-48(43)51)38-21-15-17-35(33-38)34-16-14-20-37(32-34)52-44-27-9-4-22-39(44)40-23-5-10-28-45(40)52/h1-33H. The van der Waals surface area contributed by atoms with Crippen molar-refractivity contribution in [2.45, 2.75) is 0 Å². The Morgan fingerprint density at radius 2 is 0.755 bits per heavy atom. The largest absolute Gasteiger partial charge is 0.309 e. The van der Waals surface area contributed by atoms with E-state index in [9.17, 15) is 0 Å². The molecule has 3 heteroatoms. The molecule has 0 spiro atoms. The lowest BCUT2D eigenvalue weighted by Gasteiger charge is -2.27. The summed E-state index contributed by atoms with van der Waals surface area (Å²) in [5.74, 6) is 0. The molecule has 3 nitrogen and oxygen atoms in total. The Morgan fingerprint density at radius 1 is 0.302 bits per heavy atom. The van der Waals surface area contributed by atoms with E-state index in [-0.39, 0.29) is 0 Å². The molecule has 3 heterocycles. The summed E-state index contributed by atoms with van der Waals surface area (Å²) in [6.45, 7) is 0. The van der Waals surface area contributed by atoms with Crippen molar-refractivity contribution in [2.24, 2.45) is 0 Å². The van der Waals surface area contributed by atoms with Crippen LogP contribution in [0.5, 0.6) is 0 Å². The minimum Gasteiger partial charge on any atom is -0.309 e. The van der Waals surface area contributed by atoms with Crippen molar-refractivity contribution in [3.8, 4) is 44.9 Å². The van der Waals surface area contributed by atoms with Crippen molar-refractivity contribution >= 4 is 49.8 Å². The molecule has 0 saturated heterocycles. The van der Waals surface area contributed by atoms with Gasteiger partial charge in [0.2, 0.25) is 0 Å². The molecule has 0 amide bonds. The Hall–Kier alpha value is -7.10. The van der Waals surface area contributed by atoms with Crippen LogP contribution in [0.1, 0.15) is 0 Å². The molecule has 0 fully saturated rings. The lowest BCUT2D eigenvalue weighted by atomic mass is 9.98. The van der Waals surface area contributed by atoms with E-state index >= 15 is 0 Å². The van der Waals surface area contributed by atoms with E-state index in [0.717, 1.165) is 22.7 Å². The molecule has 0 unspecified atom stereocenters. The average molecular weight is 676 g/mol. The fourth-order valence-corrected chi connectivity index (χ4v) is 8.62. The zero-order valence-corrected chi connectivity index (χ0v) is 28.9. The number of hydrogen-bond donors (Lipinski definition) is 0. The quantitative estimate of drug-likeness (QED) is 0.181. The van der Waals surface area contributed by atoms with E-state index in [4.69, 9.17) is 0 Å². The van der Waals surface area contributed by atoms with Gasteiger partial charge in [0.05, 0.1) is 33.6 Å². The molecule has 1 aliphatic heterocycles. The summed E-state index contributed by atoms with van der Waals surface area (Å²) in [4.78, 5) is 2.42. The fraction of sp³-hybridized carbons (Fsp3) is 0. The van der Waals surface area contributed by atoms with E-state index in [1.54, 1.807) is 0 Å². The van der Waals surface area contributed by atoms with Gasteiger partial charge in [0.1, 0.15) is 0 Å². The average Bonchev–Trinajstić information content (AvgIpc) is 3.71. The number of nitrogens with zero attached hydrogens (tertiary/aromatic N) is 3. The van der Waals surface area contributed by atoms with Crippen molar-refractivity contribution in [3.63, 3.8) is 0 Å². The maximum atomic E-state index is 2.48. The van der Waals surface area contributed by atoms with E-state index in [0.29, 0.717) is 0 Å². The minimum absolute atomic E-state index is 1.13. The Labute approximate surface area is 307 Å². The number of para-hydroxylation sites is 6. The highest BCUT2D eigenvalue weighted by atomic mass is 15.2. The smallest absolute Gasteiger partial charge is 0.0641 e. The van der Waals surface area contributed by atoms with Crippen LogP contribution >= 0.6 is 0 Å². The van der Waals surface area contributed by atoms with Gasteiger partial charge in [-0.3, -0.25) is 0 Å². The van der Waals surface area contributed by atoms with Gasteiger partial charge in [-0.15, -0.1) is 0 Å². The zero-order valence-electron chi connectivity index (χ0n) is 28.9. The summed E-state index contributed by atoms with van der Waals surface area (Å²) in [6.07, 6.45) is 0. The van der Waals surface area contributed by atoms with Crippen molar-refractivity contribution in [3.05, 3.63) is 200 Å². The Balaban J connectivity index is 1.14. The minimum atomic E-state index is 1.13. The summed E-state index contributed by atoms with van der Waals surface area (Å²) in [5.41, 5.74) is 16.6. The van der Waals surface area contributed by atoms with Gasteiger partial charge < -0.3 is 14.0 Å². The molecule has 0 N–H and O–H groups in total. The van der Waals surface area contributed by atoms with Crippen LogP contribution in [0.3, 0.4) is 0 Å². The van der Waals surface area contributed by atoms with Gasteiger partial charge >= 0.3 is 0 Å². The van der Waals surface area contributed by atoms with E-state index in [1.807, 2.05) is 0 Å². The van der Waals surface area contributed by atoms with Crippen LogP contribution in [0.25, 0.3) is 77.6 Å². The first-order chi connectivity index (χ1) is 26.3. The van der Waals surface area contributed by atoms with Gasteiger partial charge in [-0.1, -0.05) is 133 Å². The molecule has 0 atom stereocenters. The molecule has 10 aromatic rings. The number of hydrogen-bond acceptors (Lipinski definition) is 1. The molecule has 0 bridgehead atoms. The SMILES string of the molecule is c1ccc(N2c3ccccc3-c3c(n(-c4cccc(-c5cccc(-n6c7ccccc7c7ccccc76)c5)c4)c4ccccc34)-c3ccccc32)cc1. The molecule has 1 aliphatic rings. The van der Waals surface area contributed by atoms with Crippen molar-refractivity contribution in [2.75, 3.05) is 4.90 Å². The molecule has 2 aromatic heterocycles. The fourth-order valence-electron chi connectivity index (χ4n) is 8.62. The summed E-state index contributed by atoms with van der Waals surface area (Å²) < 4.78 is 4.87.